The molecule has 1 aromatic heterocycles. The lowest BCUT2D eigenvalue weighted by Crippen LogP contribution is -2.62. The number of nitrogens with one attached hydrogen (secondary N) is 1. The molecule has 38 heavy (non-hydrogen) atoms. The molecular weight excluding hydrogens is 495 g/mol. The molecule has 3 aromatic rings. The number of aliphatic hydroxyl groups is 1. The Hall–Kier alpha value is -3.43. The van der Waals surface area contributed by atoms with Gasteiger partial charge in [-0.2, -0.15) is 0 Å². The highest BCUT2D eigenvalue weighted by Crippen LogP contribution is 2.43. The van der Waals surface area contributed by atoms with Gasteiger partial charge in [-0.05, 0) is 73.9 Å². The van der Waals surface area contributed by atoms with E-state index in [1.165, 1.54) is 38.2 Å². The number of amides is 1. The van der Waals surface area contributed by atoms with E-state index in [1.807, 2.05) is 19.1 Å². The molecule has 2 aromatic carbocycles. The van der Waals surface area contributed by atoms with Gasteiger partial charge in [-0.3, -0.25) is 9.78 Å². The maximum Gasteiger partial charge on any atom is 0.255 e. The van der Waals surface area contributed by atoms with E-state index in [1.54, 1.807) is 17.0 Å². The number of rotatable bonds is 5. The third kappa shape index (κ3) is 4.76. The molecule has 2 atom stereocenters. The van der Waals surface area contributed by atoms with Crippen LogP contribution in [0.3, 0.4) is 0 Å². The Labute approximate surface area is 219 Å². The lowest BCUT2D eigenvalue weighted by molar-refractivity contribution is -0.0178. The number of hydrogen-bond donors (Lipinski definition) is 2. The summed E-state index contributed by atoms with van der Waals surface area (Å²) in [5.41, 5.74) is 0.170. The summed E-state index contributed by atoms with van der Waals surface area (Å²) in [4.78, 5) is 18.7. The van der Waals surface area contributed by atoms with E-state index in [4.69, 9.17) is 4.74 Å². The number of anilines is 2. The van der Waals surface area contributed by atoms with Crippen molar-refractivity contribution in [3.8, 4) is 11.1 Å². The van der Waals surface area contributed by atoms with Crippen LogP contribution in [0.15, 0.2) is 48.7 Å². The zero-order valence-corrected chi connectivity index (χ0v) is 21.5. The highest BCUT2D eigenvalue weighted by molar-refractivity contribution is 6.04. The van der Waals surface area contributed by atoms with Crippen LogP contribution in [0.5, 0.6) is 0 Å². The van der Waals surface area contributed by atoms with E-state index in [9.17, 15) is 14.3 Å². The normalized spacial score (nSPS) is 21.0. The molecular formula is C29H30F3N3O3. The lowest BCUT2D eigenvalue weighted by Gasteiger charge is -2.48. The molecule has 0 bridgehead atoms. The standard InChI is InChI=1S/C29H30F3N3O3/c1-17-4-5-20(34-27(37)18-6-7-33-25(12-18)28(2,3)31)13-21(17)19-10-23(30)22-14-29(32,16-36)26-15-38-9-8-35(26)24(22)11-19/h4-7,10-13,26,36H,8-9,14-16H2,1-3H3,(H,34,37)/t26-,29-/m1/s1. The Bertz CT molecular complexity index is 1390. The van der Waals surface area contributed by atoms with Gasteiger partial charge in [-0.1, -0.05) is 6.07 Å². The van der Waals surface area contributed by atoms with Crippen LogP contribution in [0, 0.1) is 12.7 Å². The Morgan fingerprint density at radius 2 is 2.05 bits per heavy atom. The van der Waals surface area contributed by atoms with E-state index in [-0.39, 0.29) is 29.8 Å². The van der Waals surface area contributed by atoms with Crippen molar-refractivity contribution in [2.45, 2.75) is 44.6 Å². The Morgan fingerprint density at radius 1 is 1.26 bits per heavy atom. The van der Waals surface area contributed by atoms with Gasteiger partial charge >= 0.3 is 0 Å². The largest absolute Gasteiger partial charge is 0.393 e. The van der Waals surface area contributed by atoms with Crippen LogP contribution in [0.1, 0.15) is 41.0 Å². The Kier molecular flexibility index (Phi) is 6.69. The number of ether oxygens (including phenoxy) is 1. The van der Waals surface area contributed by atoms with Crippen molar-refractivity contribution < 1.29 is 27.8 Å². The van der Waals surface area contributed by atoms with Crippen molar-refractivity contribution in [1.29, 1.82) is 0 Å². The summed E-state index contributed by atoms with van der Waals surface area (Å²) in [7, 11) is 0. The highest BCUT2D eigenvalue weighted by atomic mass is 19.1. The lowest BCUT2D eigenvalue weighted by atomic mass is 9.81. The number of fused-ring (bicyclic) bond motifs is 3. The van der Waals surface area contributed by atoms with Gasteiger partial charge < -0.3 is 20.1 Å². The van der Waals surface area contributed by atoms with Crippen LogP contribution in [-0.4, -0.2) is 54.1 Å². The second-order valence-corrected chi connectivity index (χ2v) is 10.5. The van der Waals surface area contributed by atoms with E-state index < -0.39 is 35.7 Å². The zero-order valence-electron chi connectivity index (χ0n) is 21.5. The number of carbonyl (C=O) groups excluding carboxylic acids is 1. The zero-order chi connectivity index (χ0) is 27.2. The summed E-state index contributed by atoms with van der Waals surface area (Å²) < 4.78 is 50.8. The SMILES string of the molecule is Cc1ccc(NC(=O)c2ccnc(C(C)(C)F)c2)cc1-c1cc(F)c2c(c1)N1CCOC[C@@H]1[C@](F)(CO)C2. The third-order valence-electron chi connectivity index (χ3n) is 7.38. The van der Waals surface area contributed by atoms with E-state index >= 15 is 8.78 Å². The molecule has 3 heterocycles. The van der Waals surface area contributed by atoms with Crippen LogP contribution in [0.4, 0.5) is 24.5 Å². The first-order chi connectivity index (χ1) is 18.0. The average Bonchev–Trinajstić information content (AvgIpc) is 2.90. The predicted octanol–water partition coefficient (Wildman–Crippen LogP) is 5.11. The van der Waals surface area contributed by atoms with Crippen LogP contribution in [-0.2, 0) is 16.8 Å². The summed E-state index contributed by atoms with van der Waals surface area (Å²) in [6.07, 6.45) is 1.15. The van der Waals surface area contributed by atoms with Crippen molar-refractivity contribution in [1.82, 2.24) is 4.98 Å². The Morgan fingerprint density at radius 3 is 2.79 bits per heavy atom. The number of pyridine rings is 1. The van der Waals surface area contributed by atoms with Crippen molar-refractivity contribution in [2.24, 2.45) is 0 Å². The number of benzene rings is 2. The van der Waals surface area contributed by atoms with Crippen molar-refractivity contribution >= 4 is 17.3 Å². The number of aliphatic hydroxyl groups excluding tert-OH is 1. The molecule has 2 N–H and O–H groups in total. The monoisotopic (exact) mass is 525 g/mol. The molecule has 0 saturated carbocycles. The quantitative estimate of drug-likeness (QED) is 0.484. The van der Waals surface area contributed by atoms with Crippen molar-refractivity contribution in [3.05, 3.63) is 76.9 Å². The molecule has 9 heteroatoms. The average molecular weight is 526 g/mol. The first-order valence-corrected chi connectivity index (χ1v) is 12.5. The van der Waals surface area contributed by atoms with Crippen molar-refractivity contribution in [3.63, 3.8) is 0 Å². The predicted molar refractivity (Wildman–Crippen MR) is 139 cm³/mol. The molecule has 2 aliphatic rings. The third-order valence-corrected chi connectivity index (χ3v) is 7.38. The van der Waals surface area contributed by atoms with E-state index in [2.05, 4.69) is 10.3 Å². The second kappa shape index (κ2) is 9.71. The number of aromatic nitrogens is 1. The molecule has 0 aliphatic carbocycles. The minimum Gasteiger partial charge on any atom is -0.393 e. The molecule has 0 unspecified atom stereocenters. The maximum atomic E-state index is 15.6. The summed E-state index contributed by atoms with van der Waals surface area (Å²) >= 11 is 0. The number of morpholine rings is 1. The van der Waals surface area contributed by atoms with Gasteiger partial charge in [0.25, 0.3) is 5.91 Å². The molecule has 1 fully saturated rings. The Balaban J connectivity index is 1.48. The molecule has 6 nitrogen and oxygen atoms in total. The summed E-state index contributed by atoms with van der Waals surface area (Å²) in [6, 6.07) is 10.7. The number of aryl methyl sites for hydroxylation is 1. The number of nitrogens with zero attached hydrogens (tertiary/aromatic N) is 2. The van der Waals surface area contributed by atoms with Gasteiger partial charge in [-0.15, -0.1) is 0 Å². The second-order valence-electron chi connectivity index (χ2n) is 10.5. The smallest absolute Gasteiger partial charge is 0.255 e. The van der Waals surface area contributed by atoms with E-state index in [0.717, 1.165) is 5.56 Å². The molecule has 2 aliphatic heterocycles. The van der Waals surface area contributed by atoms with Gasteiger partial charge in [0.15, 0.2) is 5.67 Å². The number of carbonyl (C=O) groups is 1. The van der Waals surface area contributed by atoms with Gasteiger partial charge in [0.1, 0.15) is 11.5 Å². The molecule has 0 spiro atoms. The molecule has 5 rings (SSSR count). The number of halogens is 3. The topological polar surface area (TPSA) is 74.7 Å². The molecule has 200 valence electrons. The first-order valence-electron chi connectivity index (χ1n) is 12.5. The van der Waals surface area contributed by atoms with Gasteiger partial charge in [0.2, 0.25) is 0 Å². The fraction of sp³-hybridized carbons (Fsp3) is 0.379. The minimum absolute atomic E-state index is 0.110. The number of alkyl halides is 2. The van der Waals surface area contributed by atoms with E-state index in [0.29, 0.717) is 35.7 Å². The minimum atomic E-state index is -2.00. The maximum absolute atomic E-state index is 15.6. The van der Waals surface area contributed by atoms with Gasteiger partial charge in [0.05, 0.1) is 31.6 Å². The van der Waals surface area contributed by atoms with Gasteiger partial charge in [-0.25, -0.2) is 13.2 Å². The van der Waals surface area contributed by atoms with Crippen LogP contribution in [0.25, 0.3) is 11.1 Å². The number of hydrogen-bond acceptors (Lipinski definition) is 5. The summed E-state index contributed by atoms with van der Waals surface area (Å²) in [6.45, 7) is 4.77. The van der Waals surface area contributed by atoms with Crippen molar-refractivity contribution in [2.75, 3.05) is 36.6 Å². The molecule has 0 radical (unpaired) electrons. The van der Waals surface area contributed by atoms with Gasteiger partial charge in [0, 0.05) is 41.7 Å². The molecule has 1 saturated heterocycles. The fourth-order valence-corrected chi connectivity index (χ4v) is 5.21. The summed E-state index contributed by atoms with van der Waals surface area (Å²) in [5, 5.41) is 12.6. The van der Waals surface area contributed by atoms with Crippen LogP contribution >= 0.6 is 0 Å². The first kappa shape index (κ1) is 26.2. The van der Waals surface area contributed by atoms with Crippen LogP contribution < -0.4 is 10.2 Å². The summed E-state index contributed by atoms with van der Waals surface area (Å²) in [5.74, 6) is -0.978. The fourth-order valence-electron chi connectivity index (χ4n) is 5.21. The highest BCUT2D eigenvalue weighted by Gasteiger charge is 2.49. The van der Waals surface area contributed by atoms with Crippen LogP contribution in [0.2, 0.25) is 0 Å². The molecule has 1 amide bonds.